The molecule has 0 spiro atoms. The monoisotopic (exact) mass is 1100 g/mol. The highest BCUT2D eigenvalue weighted by Gasteiger charge is 2.30. The Bertz CT molecular complexity index is 5570. The fourth-order valence-electron chi connectivity index (χ4n) is 14.1. The van der Waals surface area contributed by atoms with Crippen LogP contribution in [0.1, 0.15) is 0 Å². The maximum atomic E-state index is 6.91. The molecule has 0 saturated carbocycles. The van der Waals surface area contributed by atoms with E-state index in [2.05, 4.69) is 310 Å². The minimum absolute atomic E-state index is 0.758. The van der Waals surface area contributed by atoms with Gasteiger partial charge in [0.1, 0.15) is 11.3 Å². The van der Waals surface area contributed by atoms with E-state index < -0.39 is 0 Å². The minimum atomic E-state index is 0.758. The van der Waals surface area contributed by atoms with Gasteiger partial charge in [-0.05, 0) is 136 Å². The van der Waals surface area contributed by atoms with Gasteiger partial charge < -0.3 is 27.8 Å². The molecule has 0 aliphatic heterocycles. The lowest BCUT2D eigenvalue weighted by molar-refractivity contribution is 0.613. The van der Waals surface area contributed by atoms with E-state index in [0.717, 1.165) is 122 Å². The molecular formula is C80H50N4O2. The molecule has 18 aromatic rings. The van der Waals surface area contributed by atoms with Gasteiger partial charge in [0.2, 0.25) is 0 Å². The molecule has 6 heteroatoms. The van der Waals surface area contributed by atoms with E-state index in [4.69, 9.17) is 8.83 Å². The number of benzene rings is 14. The van der Waals surface area contributed by atoms with Crippen LogP contribution in [0, 0.1) is 0 Å². The fraction of sp³-hybridized carbons (Fsp3) is 0. The molecule has 0 atom stereocenters. The second-order valence-electron chi connectivity index (χ2n) is 22.4. The van der Waals surface area contributed by atoms with E-state index in [1.165, 1.54) is 43.2 Å². The number of para-hydroxylation sites is 4. The van der Waals surface area contributed by atoms with Gasteiger partial charge in [0.25, 0.3) is 0 Å². The lowest BCUT2D eigenvalue weighted by Gasteiger charge is -2.30. The fourth-order valence-corrected chi connectivity index (χ4v) is 14.1. The lowest BCUT2D eigenvalue weighted by atomic mass is 9.95. The molecule has 0 radical (unpaired) electrons. The van der Waals surface area contributed by atoms with Crippen LogP contribution in [-0.2, 0) is 0 Å². The predicted molar refractivity (Wildman–Crippen MR) is 359 cm³/mol. The summed E-state index contributed by atoms with van der Waals surface area (Å²) in [5.74, 6) is 0. The van der Waals surface area contributed by atoms with Crippen molar-refractivity contribution < 1.29 is 8.83 Å². The van der Waals surface area contributed by atoms with Gasteiger partial charge >= 0.3 is 0 Å². The number of aromatic nitrogens is 2. The van der Waals surface area contributed by atoms with E-state index >= 15 is 0 Å². The van der Waals surface area contributed by atoms with Gasteiger partial charge in [0, 0.05) is 87.9 Å². The standard InChI is InChI=1S/C80H50N4O2/c1-3-23-56(24-4-1)82-71-33-17-15-31-65(71)69-49-59(39-41-73(69)82)81(76-61-27-11-7-19-52(61)47-53-20-8-12-28-62(53)76)58-37-35-51(36-38-58)75-67-43-45-86-80(67)78(68-44-46-85-79(68)75)84(77-63-29-13-9-21-54(63)48-55-22-10-14-30-64(55)77)60-40-42-74-70(50-60)66-32-16-18-34-72(66)83(74)57-25-5-2-6-26-57/h1-50H. The summed E-state index contributed by atoms with van der Waals surface area (Å²) >= 11 is 0. The summed E-state index contributed by atoms with van der Waals surface area (Å²) in [5.41, 5.74) is 16.5. The maximum Gasteiger partial charge on any atom is 0.159 e. The van der Waals surface area contributed by atoms with E-state index in [9.17, 15) is 0 Å². The molecule has 0 amide bonds. The van der Waals surface area contributed by atoms with Crippen LogP contribution in [0.5, 0.6) is 0 Å². The van der Waals surface area contributed by atoms with Gasteiger partial charge in [0.05, 0.1) is 46.0 Å². The van der Waals surface area contributed by atoms with Crippen molar-refractivity contribution in [3.8, 4) is 22.5 Å². The Morgan fingerprint density at radius 3 is 1.13 bits per heavy atom. The highest BCUT2D eigenvalue weighted by molar-refractivity contribution is 6.24. The lowest BCUT2D eigenvalue weighted by Crippen LogP contribution is -2.12. The third-order valence-electron chi connectivity index (χ3n) is 17.7. The molecule has 402 valence electrons. The Hall–Kier alpha value is -11.6. The van der Waals surface area contributed by atoms with Crippen LogP contribution in [0.2, 0.25) is 0 Å². The van der Waals surface area contributed by atoms with Crippen LogP contribution in [0.15, 0.2) is 313 Å². The molecule has 6 nitrogen and oxygen atoms in total. The molecule has 0 N–H and O–H groups in total. The second kappa shape index (κ2) is 19.0. The van der Waals surface area contributed by atoms with Crippen LogP contribution in [0.25, 0.3) is 131 Å². The Kier molecular flexibility index (Phi) is 10.6. The molecule has 18 rings (SSSR count). The quantitative estimate of drug-likeness (QED) is 0.135. The van der Waals surface area contributed by atoms with Gasteiger partial charge in [-0.1, -0.05) is 182 Å². The van der Waals surface area contributed by atoms with Crippen molar-refractivity contribution in [3.63, 3.8) is 0 Å². The maximum absolute atomic E-state index is 6.91. The Morgan fingerprint density at radius 1 is 0.244 bits per heavy atom. The summed E-state index contributed by atoms with van der Waals surface area (Å²) < 4.78 is 18.5. The van der Waals surface area contributed by atoms with Gasteiger partial charge in [-0.15, -0.1) is 0 Å². The molecule has 0 bridgehead atoms. The van der Waals surface area contributed by atoms with Crippen molar-refractivity contribution in [1.82, 2.24) is 9.13 Å². The van der Waals surface area contributed by atoms with E-state index in [0.29, 0.717) is 0 Å². The Balaban J connectivity index is 0.857. The molecule has 4 aromatic heterocycles. The first-order valence-corrected chi connectivity index (χ1v) is 29.3. The molecular weight excluding hydrogens is 1050 g/mol. The highest BCUT2D eigenvalue weighted by atomic mass is 16.3. The summed E-state index contributed by atoms with van der Waals surface area (Å²) in [6.07, 6.45) is 3.67. The molecule has 14 aromatic carbocycles. The van der Waals surface area contributed by atoms with Crippen LogP contribution < -0.4 is 9.80 Å². The summed E-state index contributed by atoms with van der Waals surface area (Å²) in [6.45, 7) is 0. The molecule has 86 heavy (non-hydrogen) atoms. The summed E-state index contributed by atoms with van der Waals surface area (Å²) in [4.78, 5) is 4.90. The zero-order chi connectivity index (χ0) is 56.4. The largest absolute Gasteiger partial charge is 0.464 e. The van der Waals surface area contributed by atoms with E-state index in [1.807, 2.05) is 12.5 Å². The zero-order valence-corrected chi connectivity index (χ0v) is 46.5. The van der Waals surface area contributed by atoms with Gasteiger partial charge in [-0.3, -0.25) is 0 Å². The minimum Gasteiger partial charge on any atom is -0.464 e. The smallest absolute Gasteiger partial charge is 0.159 e. The molecule has 0 saturated heterocycles. The average Bonchev–Trinajstić information content (AvgIpc) is 2.09. The topological polar surface area (TPSA) is 42.6 Å². The number of anilines is 6. The summed E-state index contributed by atoms with van der Waals surface area (Å²) in [7, 11) is 0. The van der Waals surface area contributed by atoms with Crippen molar-refractivity contribution in [2.45, 2.75) is 0 Å². The number of nitrogens with zero attached hydrogens (tertiary/aromatic N) is 4. The van der Waals surface area contributed by atoms with E-state index in [1.54, 1.807) is 0 Å². The van der Waals surface area contributed by atoms with Crippen LogP contribution in [0.4, 0.5) is 34.1 Å². The van der Waals surface area contributed by atoms with Gasteiger partial charge in [-0.2, -0.15) is 0 Å². The third-order valence-corrected chi connectivity index (χ3v) is 17.7. The third kappa shape index (κ3) is 7.20. The number of fused-ring (bicyclic) bond motifs is 12. The number of rotatable bonds is 9. The predicted octanol–water partition coefficient (Wildman–Crippen LogP) is 22.6. The van der Waals surface area contributed by atoms with Gasteiger partial charge in [-0.25, -0.2) is 0 Å². The van der Waals surface area contributed by atoms with Crippen LogP contribution in [0.3, 0.4) is 0 Å². The molecule has 0 fully saturated rings. The summed E-state index contributed by atoms with van der Waals surface area (Å²) in [6, 6.07) is 106. The first-order chi connectivity index (χ1) is 42.7. The molecule has 0 unspecified atom stereocenters. The van der Waals surface area contributed by atoms with Crippen molar-refractivity contribution in [2.24, 2.45) is 0 Å². The van der Waals surface area contributed by atoms with Gasteiger partial charge in [0.15, 0.2) is 5.58 Å². The Labute approximate surface area is 494 Å². The SMILES string of the molecule is c1ccc(-n2c3ccccc3c3cc(N(c4ccc(-c5c6ccoc6c(N(c6ccc7c(c6)c6ccccc6n7-c6ccccc6)c6c7ccccc7cc7ccccc67)c6ccoc56)cc4)c4c5ccccc5cc5ccccc45)ccc32)cc1. The van der Waals surface area contributed by atoms with Crippen molar-refractivity contribution in [2.75, 3.05) is 9.80 Å². The zero-order valence-electron chi connectivity index (χ0n) is 46.5. The molecule has 0 aliphatic rings. The highest BCUT2D eigenvalue weighted by Crippen LogP contribution is 2.54. The first kappa shape index (κ1) is 48.0. The van der Waals surface area contributed by atoms with Crippen LogP contribution >= 0.6 is 0 Å². The molecule has 0 aliphatic carbocycles. The average molecular weight is 1100 g/mol. The van der Waals surface area contributed by atoms with E-state index in [-0.39, 0.29) is 0 Å². The normalized spacial score (nSPS) is 12.0. The number of furan rings is 2. The van der Waals surface area contributed by atoms with Crippen molar-refractivity contribution in [1.29, 1.82) is 0 Å². The molecule has 4 heterocycles. The second-order valence-corrected chi connectivity index (χ2v) is 22.4. The summed E-state index contributed by atoms with van der Waals surface area (Å²) in [5, 5.41) is 15.8. The van der Waals surface area contributed by atoms with Crippen LogP contribution in [-0.4, -0.2) is 9.13 Å². The number of hydrogen-bond acceptors (Lipinski definition) is 4. The van der Waals surface area contributed by atoms with Crippen molar-refractivity contribution >= 4 is 143 Å². The number of hydrogen-bond donors (Lipinski definition) is 0. The first-order valence-electron chi connectivity index (χ1n) is 29.3. The van der Waals surface area contributed by atoms with Crippen molar-refractivity contribution in [3.05, 3.63) is 304 Å². The Morgan fingerprint density at radius 2 is 0.628 bits per heavy atom.